The predicted octanol–water partition coefficient (Wildman–Crippen LogP) is 9.36. The summed E-state index contributed by atoms with van der Waals surface area (Å²) < 4.78 is 6.81. The second-order valence-electron chi connectivity index (χ2n) is 11.4. The first kappa shape index (κ1) is 28.0. The summed E-state index contributed by atoms with van der Waals surface area (Å²) in [5, 5.41) is 3.01. The van der Waals surface area contributed by atoms with Gasteiger partial charge in [0.25, 0.3) is 5.91 Å². The van der Waals surface area contributed by atoms with E-state index in [0.717, 1.165) is 35.3 Å². The highest BCUT2D eigenvalue weighted by atomic mass is 16.5. The zero-order valence-corrected chi connectivity index (χ0v) is 24.0. The molecule has 4 nitrogen and oxygen atoms in total. The summed E-state index contributed by atoms with van der Waals surface area (Å²) in [5.41, 5.74) is 11.9. The molecule has 3 N–H and O–H groups in total. The van der Waals surface area contributed by atoms with Gasteiger partial charge in [-0.3, -0.25) is 4.79 Å². The van der Waals surface area contributed by atoms with Gasteiger partial charge < -0.3 is 15.8 Å². The molecule has 4 aromatic rings. The number of hydrogen-bond donors (Lipinski definition) is 2. The molecule has 39 heavy (non-hydrogen) atoms. The average Bonchev–Trinajstić information content (AvgIpc) is 2.94. The number of amides is 1. The SMILES string of the molecule is CCC(C)(C)c1ccc(Oc2c(C(=O)Nc3ccccc3)cc(N)cc2-c2ccccc2)c(C(C)(C)CC)c1. The van der Waals surface area contributed by atoms with E-state index in [-0.39, 0.29) is 16.7 Å². The molecule has 4 heteroatoms. The van der Waals surface area contributed by atoms with E-state index in [1.54, 1.807) is 6.07 Å². The summed E-state index contributed by atoms with van der Waals surface area (Å²) in [5.74, 6) is 0.952. The number of carbonyl (C=O) groups is 1. The fourth-order valence-electron chi connectivity index (χ4n) is 4.56. The summed E-state index contributed by atoms with van der Waals surface area (Å²) in [6.45, 7) is 13.4. The predicted molar refractivity (Wildman–Crippen MR) is 164 cm³/mol. The van der Waals surface area contributed by atoms with E-state index in [4.69, 9.17) is 10.5 Å². The van der Waals surface area contributed by atoms with Crippen molar-refractivity contribution in [2.75, 3.05) is 11.1 Å². The third-order valence-electron chi connectivity index (χ3n) is 7.94. The van der Waals surface area contributed by atoms with Crippen molar-refractivity contribution in [3.63, 3.8) is 0 Å². The van der Waals surface area contributed by atoms with E-state index in [9.17, 15) is 4.79 Å². The molecule has 0 unspecified atom stereocenters. The Hall–Kier alpha value is -4.05. The van der Waals surface area contributed by atoms with Crippen LogP contribution in [-0.2, 0) is 10.8 Å². The molecule has 0 fully saturated rings. The third kappa shape index (κ3) is 6.17. The number of para-hydroxylation sites is 1. The maximum absolute atomic E-state index is 13.7. The van der Waals surface area contributed by atoms with Gasteiger partial charge in [0.15, 0.2) is 0 Å². The Morgan fingerprint density at radius 3 is 2.03 bits per heavy atom. The maximum atomic E-state index is 13.7. The summed E-state index contributed by atoms with van der Waals surface area (Å²) in [6.07, 6.45) is 1.97. The molecule has 0 radical (unpaired) electrons. The zero-order chi connectivity index (χ0) is 28.2. The quantitative estimate of drug-likeness (QED) is 0.216. The minimum atomic E-state index is -0.277. The van der Waals surface area contributed by atoms with Gasteiger partial charge in [0, 0.05) is 22.5 Å². The van der Waals surface area contributed by atoms with E-state index >= 15 is 0 Å². The van der Waals surface area contributed by atoms with Crippen molar-refractivity contribution in [1.82, 2.24) is 0 Å². The number of benzene rings is 4. The smallest absolute Gasteiger partial charge is 0.259 e. The van der Waals surface area contributed by atoms with Gasteiger partial charge in [-0.2, -0.15) is 0 Å². The van der Waals surface area contributed by atoms with Crippen molar-refractivity contribution in [2.24, 2.45) is 0 Å². The summed E-state index contributed by atoms with van der Waals surface area (Å²) in [6, 6.07) is 29.4. The molecule has 4 aromatic carbocycles. The minimum Gasteiger partial charge on any atom is -0.456 e. The minimum absolute atomic E-state index is 0.0359. The lowest BCUT2D eigenvalue weighted by molar-refractivity contribution is 0.102. The first-order chi connectivity index (χ1) is 18.6. The molecule has 0 aliphatic rings. The van der Waals surface area contributed by atoms with Gasteiger partial charge in [-0.1, -0.05) is 102 Å². The van der Waals surface area contributed by atoms with Crippen molar-refractivity contribution in [2.45, 2.75) is 65.2 Å². The Labute approximate surface area is 233 Å². The van der Waals surface area contributed by atoms with Gasteiger partial charge in [-0.15, -0.1) is 0 Å². The molecule has 0 atom stereocenters. The second kappa shape index (κ2) is 11.4. The van der Waals surface area contributed by atoms with Crippen LogP contribution in [0.3, 0.4) is 0 Å². The molecule has 1 amide bonds. The Kier molecular flexibility index (Phi) is 8.15. The fraction of sp³-hybridized carbons (Fsp3) is 0.286. The number of hydrogen-bond acceptors (Lipinski definition) is 3. The number of carbonyl (C=O) groups excluding carboxylic acids is 1. The number of nitrogens with two attached hydrogens (primary N) is 1. The van der Waals surface area contributed by atoms with E-state index in [2.05, 4.69) is 65.1 Å². The van der Waals surface area contributed by atoms with Crippen molar-refractivity contribution in [1.29, 1.82) is 0 Å². The molecule has 0 heterocycles. The molecule has 0 aliphatic heterocycles. The van der Waals surface area contributed by atoms with Crippen LogP contribution in [-0.4, -0.2) is 5.91 Å². The number of ether oxygens (including phenoxy) is 1. The van der Waals surface area contributed by atoms with Gasteiger partial charge in [-0.25, -0.2) is 0 Å². The highest BCUT2D eigenvalue weighted by Crippen LogP contribution is 2.44. The Bertz CT molecular complexity index is 1440. The van der Waals surface area contributed by atoms with E-state index < -0.39 is 0 Å². The molecule has 0 saturated carbocycles. The normalized spacial score (nSPS) is 11.7. The summed E-state index contributed by atoms with van der Waals surface area (Å²) >= 11 is 0. The van der Waals surface area contributed by atoms with Crippen LogP contribution >= 0.6 is 0 Å². The number of nitrogens with one attached hydrogen (secondary N) is 1. The van der Waals surface area contributed by atoms with Crippen molar-refractivity contribution < 1.29 is 9.53 Å². The van der Waals surface area contributed by atoms with Gasteiger partial charge in [0.05, 0.1) is 5.56 Å². The fourth-order valence-corrected chi connectivity index (χ4v) is 4.56. The van der Waals surface area contributed by atoms with Gasteiger partial charge >= 0.3 is 0 Å². The van der Waals surface area contributed by atoms with Crippen LogP contribution in [0.2, 0.25) is 0 Å². The average molecular weight is 521 g/mol. The molecule has 0 spiro atoms. The van der Waals surface area contributed by atoms with Crippen molar-refractivity contribution >= 4 is 17.3 Å². The summed E-state index contributed by atoms with van der Waals surface area (Å²) in [4.78, 5) is 13.7. The van der Waals surface area contributed by atoms with E-state index in [0.29, 0.717) is 22.7 Å². The Morgan fingerprint density at radius 2 is 1.41 bits per heavy atom. The number of anilines is 2. The van der Waals surface area contributed by atoms with Crippen LogP contribution in [0.4, 0.5) is 11.4 Å². The van der Waals surface area contributed by atoms with Crippen molar-refractivity contribution in [3.8, 4) is 22.6 Å². The molecular weight excluding hydrogens is 480 g/mol. The highest BCUT2D eigenvalue weighted by molar-refractivity contribution is 6.08. The lowest BCUT2D eigenvalue weighted by atomic mass is 9.76. The lowest BCUT2D eigenvalue weighted by Gasteiger charge is -2.31. The van der Waals surface area contributed by atoms with Crippen LogP contribution in [0.25, 0.3) is 11.1 Å². The standard InChI is InChI=1S/C35H40N2O2/c1-7-34(3,4)25-19-20-31(30(21-25)35(5,6)8-2)39-32-28(24-15-11-9-12-16-24)22-26(36)23-29(32)33(38)37-27-17-13-10-14-18-27/h9-23H,7-8,36H2,1-6H3,(H,37,38). The number of nitrogen functional groups attached to an aromatic ring is 1. The first-order valence-electron chi connectivity index (χ1n) is 13.7. The van der Waals surface area contributed by atoms with Crippen LogP contribution in [0.1, 0.15) is 75.9 Å². The van der Waals surface area contributed by atoms with E-state index in [1.165, 1.54) is 5.56 Å². The zero-order valence-electron chi connectivity index (χ0n) is 24.0. The van der Waals surface area contributed by atoms with Crippen LogP contribution in [0.15, 0.2) is 91.0 Å². The summed E-state index contributed by atoms with van der Waals surface area (Å²) in [7, 11) is 0. The molecule has 202 valence electrons. The molecular formula is C35H40N2O2. The topological polar surface area (TPSA) is 64.3 Å². The first-order valence-corrected chi connectivity index (χ1v) is 13.7. The lowest BCUT2D eigenvalue weighted by Crippen LogP contribution is -2.21. The Morgan fingerprint density at radius 1 is 0.795 bits per heavy atom. The largest absolute Gasteiger partial charge is 0.456 e. The monoisotopic (exact) mass is 520 g/mol. The molecule has 0 aromatic heterocycles. The van der Waals surface area contributed by atoms with E-state index in [1.807, 2.05) is 66.7 Å². The van der Waals surface area contributed by atoms with Crippen LogP contribution in [0, 0.1) is 0 Å². The van der Waals surface area contributed by atoms with Gasteiger partial charge in [0.2, 0.25) is 0 Å². The van der Waals surface area contributed by atoms with Gasteiger partial charge in [0.1, 0.15) is 11.5 Å². The molecule has 0 saturated heterocycles. The maximum Gasteiger partial charge on any atom is 0.259 e. The van der Waals surface area contributed by atoms with Crippen LogP contribution < -0.4 is 15.8 Å². The Balaban J connectivity index is 1.91. The highest BCUT2D eigenvalue weighted by Gasteiger charge is 2.28. The van der Waals surface area contributed by atoms with Crippen molar-refractivity contribution in [3.05, 3.63) is 108 Å². The van der Waals surface area contributed by atoms with Gasteiger partial charge in [-0.05, 0) is 65.1 Å². The number of rotatable bonds is 9. The molecule has 0 aliphatic carbocycles. The van der Waals surface area contributed by atoms with Crippen LogP contribution in [0.5, 0.6) is 11.5 Å². The second-order valence-corrected chi connectivity index (χ2v) is 11.4. The third-order valence-corrected chi connectivity index (χ3v) is 7.94. The molecule has 0 bridgehead atoms. The molecule has 4 rings (SSSR count).